The second-order valence-corrected chi connectivity index (χ2v) is 36.7. The van der Waals surface area contributed by atoms with Gasteiger partial charge in [0.25, 0.3) is 0 Å². The summed E-state index contributed by atoms with van der Waals surface area (Å²) in [6.45, 7) is 11.7. The second-order valence-electron chi connectivity index (χ2n) is 6.56. The molecule has 2 N–H and O–H groups in total. The van der Waals surface area contributed by atoms with Crippen LogP contribution in [0.15, 0.2) is 24.3 Å². The molecule has 1 aromatic rings. The van der Waals surface area contributed by atoms with E-state index in [1.165, 1.54) is 12.1 Å². The van der Waals surface area contributed by atoms with Crippen LogP contribution in [0.5, 0.6) is 5.75 Å². The number of halogens is 1. The van der Waals surface area contributed by atoms with E-state index in [1.54, 1.807) is 12.1 Å². The fourth-order valence-corrected chi connectivity index (χ4v) is 63.2. The first-order chi connectivity index (χ1) is 8.84. The summed E-state index contributed by atoms with van der Waals surface area (Å²) in [5.74, 6) is 0.332. The number of hydrogen-bond donors (Lipinski definition) is 2. The quantitative estimate of drug-likeness (QED) is 0.805. The number of benzene rings is 1. The van der Waals surface area contributed by atoms with E-state index in [0.717, 1.165) is 0 Å². The van der Waals surface area contributed by atoms with Crippen LogP contribution in [0.3, 0.4) is 0 Å². The summed E-state index contributed by atoms with van der Waals surface area (Å²) < 4.78 is 19.1. The van der Waals surface area contributed by atoms with Gasteiger partial charge in [0, 0.05) is 0 Å². The maximum absolute atomic E-state index is 13.0. The minimum absolute atomic E-state index is 0.295. The lowest BCUT2D eigenvalue weighted by atomic mass is 10.3. The van der Waals surface area contributed by atoms with Gasteiger partial charge in [-0.25, -0.2) is 4.39 Å². The van der Waals surface area contributed by atoms with Crippen LogP contribution < -0.4 is 4.43 Å². The zero-order valence-electron chi connectivity index (χ0n) is 13.0. The van der Waals surface area contributed by atoms with Crippen molar-refractivity contribution in [2.45, 2.75) is 39.3 Å². The summed E-state index contributed by atoms with van der Waals surface area (Å²) in [7, 11) is -8.50. The molecule has 0 aromatic heterocycles. The van der Waals surface area contributed by atoms with Crippen molar-refractivity contribution in [2.24, 2.45) is 0 Å². The molecule has 1 rings (SSSR count). The Hall–Kier alpha value is -0.262. The first-order valence-corrected chi connectivity index (χ1v) is 19.9. The Morgan fingerprint density at radius 2 is 1.30 bits per heavy atom. The highest BCUT2D eigenvalue weighted by molar-refractivity contribution is 7.78. The zero-order valence-corrected chi connectivity index (χ0v) is 17.0. The monoisotopic (exact) mass is 347 g/mol. The standard InChI is InChI=1S/C12H24FO3Si4/c1-18(2,14)17(19(3,4)15)20(5,6)16-12-9-7-11(13)8-10-12/h7-10,14-15H,1-6H3. The molecule has 1 radical (unpaired) electrons. The van der Waals surface area contributed by atoms with Crippen molar-refractivity contribution < 1.29 is 18.4 Å². The van der Waals surface area contributed by atoms with Gasteiger partial charge in [0.2, 0.25) is 7.83 Å². The van der Waals surface area contributed by atoms with Gasteiger partial charge in [-0.05, 0) is 63.5 Å². The molecular formula is C12H24FO3Si4. The third-order valence-electron chi connectivity index (χ3n) is 3.01. The predicted molar refractivity (Wildman–Crippen MR) is 89.7 cm³/mol. The van der Waals surface area contributed by atoms with Gasteiger partial charge < -0.3 is 14.0 Å². The minimum atomic E-state index is -2.45. The number of rotatable bonds is 5. The van der Waals surface area contributed by atoms with Crippen LogP contribution in [-0.4, -0.2) is 40.4 Å². The lowest BCUT2D eigenvalue weighted by molar-refractivity contribution is 0.552. The van der Waals surface area contributed by atoms with E-state index >= 15 is 0 Å². The van der Waals surface area contributed by atoms with Crippen LogP contribution in [0.1, 0.15) is 0 Å². The van der Waals surface area contributed by atoms with E-state index < -0.39 is 30.9 Å². The molecule has 0 spiro atoms. The summed E-state index contributed by atoms with van der Waals surface area (Å²) >= 11 is 0. The van der Waals surface area contributed by atoms with Crippen molar-refractivity contribution in [3.63, 3.8) is 0 Å². The zero-order chi connectivity index (χ0) is 15.8. The summed E-state index contributed by atoms with van der Waals surface area (Å²) in [5.41, 5.74) is 0. The molecule has 113 valence electrons. The molecule has 3 nitrogen and oxygen atoms in total. The van der Waals surface area contributed by atoms with Crippen molar-refractivity contribution in [3.05, 3.63) is 30.1 Å². The summed E-state index contributed by atoms with van der Waals surface area (Å²) in [6, 6.07) is 5.97. The third kappa shape index (κ3) is 4.64. The summed E-state index contributed by atoms with van der Waals surface area (Å²) in [4.78, 5) is 21.2. The van der Waals surface area contributed by atoms with E-state index in [-0.39, 0.29) is 5.82 Å². The van der Waals surface area contributed by atoms with Crippen molar-refractivity contribution in [1.29, 1.82) is 0 Å². The Morgan fingerprint density at radius 3 is 1.65 bits per heavy atom. The van der Waals surface area contributed by atoms with Crippen molar-refractivity contribution in [1.82, 2.24) is 0 Å². The Bertz CT molecular complexity index is 437. The van der Waals surface area contributed by atoms with Crippen LogP contribution in [0.4, 0.5) is 4.39 Å². The van der Waals surface area contributed by atoms with Gasteiger partial charge in [-0.15, -0.1) is 0 Å². The van der Waals surface area contributed by atoms with Gasteiger partial charge in [-0.3, -0.25) is 0 Å². The molecule has 0 aliphatic carbocycles. The highest BCUT2D eigenvalue weighted by atomic mass is 29.9. The van der Waals surface area contributed by atoms with Crippen molar-refractivity contribution in [2.75, 3.05) is 0 Å². The van der Waals surface area contributed by atoms with Gasteiger partial charge in [0.1, 0.15) is 18.9 Å². The molecular weight excluding hydrogens is 323 g/mol. The molecule has 0 aliphatic rings. The Morgan fingerprint density at radius 1 is 0.900 bits per heavy atom. The average molecular weight is 348 g/mol. The first-order valence-electron chi connectivity index (χ1n) is 6.62. The molecule has 0 atom stereocenters. The van der Waals surface area contributed by atoms with Crippen molar-refractivity contribution >= 4 is 30.9 Å². The van der Waals surface area contributed by atoms with E-state index in [9.17, 15) is 14.0 Å². The fraction of sp³-hybridized carbons (Fsp3) is 0.500. The molecule has 0 fully saturated rings. The molecule has 0 heterocycles. The van der Waals surface area contributed by atoms with Gasteiger partial charge >= 0.3 is 0 Å². The lowest BCUT2D eigenvalue weighted by Gasteiger charge is -2.42. The van der Waals surface area contributed by atoms with Crippen LogP contribution >= 0.6 is 0 Å². The largest absolute Gasteiger partial charge is 0.548 e. The Labute approximate surface area is 124 Å². The molecule has 0 unspecified atom stereocenters. The van der Waals surface area contributed by atoms with Gasteiger partial charge in [0.15, 0.2) is 15.7 Å². The maximum Gasteiger partial charge on any atom is 0.227 e. The fourth-order valence-electron chi connectivity index (χ4n) is 3.07. The molecule has 1 aromatic carbocycles. The van der Waals surface area contributed by atoms with E-state index in [1.807, 2.05) is 26.2 Å². The van der Waals surface area contributed by atoms with Crippen LogP contribution in [0.25, 0.3) is 0 Å². The molecule has 0 amide bonds. The SMILES string of the molecule is C[Si](C)(O)[Si]([Si](C)(C)O)[Si](C)(C)Oc1ccc(F)cc1. The molecule has 8 heteroatoms. The topological polar surface area (TPSA) is 49.7 Å². The molecule has 0 aliphatic heterocycles. The Kier molecular flexibility index (Phi) is 5.21. The normalized spacial score (nSPS) is 13.7. The highest BCUT2D eigenvalue weighted by Gasteiger charge is 2.56. The smallest absolute Gasteiger partial charge is 0.227 e. The van der Waals surface area contributed by atoms with Crippen molar-refractivity contribution in [3.8, 4) is 5.75 Å². The first kappa shape index (κ1) is 17.8. The number of hydrogen-bond acceptors (Lipinski definition) is 3. The van der Waals surface area contributed by atoms with Gasteiger partial charge in [-0.1, -0.05) is 0 Å². The van der Waals surface area contributed by atoms with Crippen LogP contribution in [0.2, 0.25) is 39.3 Å². The van der Waals surface area contributed by atoms with E-state index in [0.29, 0.717) is 5.75 Å². The van der Waals surface area contributed by atoms with Crippen LogP contribution in [-0.2, 0) is 0 Å². The maximum atomic E-state index is 13.0. The minimum Gasteiger partial charge on any atom is -0.548 e. The lowest BCUT2D eigenvalue weighted by Crippen LogP contribution is -2.75. The second kappa shape index (κ2) is 5.85. The molecule has 0 saturated heterocycles. The molecule has 0 saturated carbocycles. The molecule has 20 heavy (non-hydrogen) atoms. The Balaban J connectivity index is 3.08. The average Bonchev–Trinajstić information content (AvgIpc) is 2.15. The molecule has 0 bridgehead atoms. The van der Waals surface area contributed by atoms with Gasteiger partial charge in [0.05, 0.1) is 0 Å². The summed E-state index contributed by atoms with van der Waals surface area (Å²) in [5, 5.41) is 0. The van der Waals surface area contributed by atoms with E-state index in [4.69, 9.17) is 4.43 Å². The summed E-state index contributed by atoms with van der Waals surface area (Å²) in [6.07, 6.45) is 0. The highest BCUT2D eigenvalue weighted by Crippen LogP contribution is 2.26. The van der Waals surface area contributed by atoms with E-state index in [2.05, 4.69) is 13.1 Å². The third-order valence-corrected chi connectivity index (χ3v) is 51.5. The van der Waals surface area contributed by atoms with Gasteiger partial charge in [-0.2, -0.15) is 0 Å². The van der Waals surface area contributed by atoms with Crippen LogP contribution in [0, 0.1) is 5.82 Å². The predicted octanol–water partition coefficient (Wildman–Crippen LogP) is 2.53.